The van der Waals surface area contributed by atoms with E-state index in [0.29, 0.717) is 0 Å². The first-order valence-corrected chi connectivity index (χ1v) is 8.54. The van der Waals surface area contributed by atoms with Crippen molar-refractivity contribution in [2.24, 2.45) is 0 Å². The molecule has 3 aromatic rings. The third-order valence-electron chi connectivity index (χ3n) is 3.84. The minimum atomic E-state index is 1.00. The van der Waals surface area contributed by atoms with E-state index in [0.717, 1.165) is 13.1 Å². The van der Waals surface area contributed by atoms with Crippen molar-refractivity contribution < 1.29 is 0 Å². The first-order valence-electron chi connectivity index (χ1n) is 6.97. The molecule has 0 N–H and O–H groups in total. The topological polar surface area (TPSA) is 3.24 Å². The van der Waals surface area contributed by atoms with Gasteiger partial charge in [0.05, 0.1) is 0 Å². The van der Waals surface area contributed by atoms with Crippen molar-refractivity contribution in [3.05, 3.63) is 76.3 Å². The fraction of sp³-hybridized carbons (Fsp3) is 0.111. The van der Waals surface area contributed by atoms with Crippen LogP contribution < -0.4 is 0 Å². The summed E-state index contributed by atoms with van der Waals surface area (Å²) in [5.74, 6) is 0. The summed E-state index contributed by atoms with van der Waals surface area (Å²) >= 11 is 5.42. The molecule has 21 heavy (non-hydrogen) atoms. The monoisotopic (exact) mass is 355 g/mol. The standard InChI is InChI=1S/C18H14BrNS/c19-16-9-8-14-11-20(12-15(14)10-16)21-18-7-3-5-13-4-1-2-6-17(13)18/h1-10H,11-12H2. The number of halogens is 1. The highest BCUT2D eigenvalue weighted by Gasteiger charge is 2.20. The van der Waals surface area contributed by atoms with Gasteiger partial charge in [-0.15, -0.1) is 0 Å². The molecule has 0 saturated carbocycles. The summed E-state index contributed by atoms with van der Waals surface area (Å²) in [5, 5.41) is 2.64. The second-order valence-corrected chi connectivity index (χ2v) is 7.33. The van der Waals surface area contributed by atoms with Crippen molar-refractivity contribution in [1.29, 1.82) is 0 Å². The molecule has 1 aliphatic heterocycles. The molecule has 0 saturated heterocycles. The van der Waals surface area contributed by atoms with Crippen LogP contribution in [-0.2, 0) is 13.1 Å². The molecule has 0 aromatic heterocycles. The molecule has 0 bridgehead atoms. The van der Waals surface area contributed by atoms with E-state index < -0.39 is 0 Å². The zero-order valence-electron chi connectivity index (χ0n) is 11.4. The average Bonchev–Trinajstić information content (AvgIpc) is 2.89. The Kier molecular flexibility index (Phi) is 3.49. The quantitative estimate of drug-likeness (QED) is 0.548. The van der Waals surface area contributed by atoms with Gasteiger partial charge in [0, 0.05) is 22.5 Å². The number of hydrogen-bond acceptors (Lipinski definition) is 2. The summed E-state index contributed by atoms with van der Waals surface area (Å²) in [4.78, 5) is 1.33. The van der Waals surface area contributed by atoms with E-state index in [4.69, 9.17) is 0 Å². The first kappa shape index (κ1) is 13.4. The molecule has 0 radical (unpaired) electrons. The van der Waals surface area contributed by atoms with Gasteiger partial charge in [0.1, 0.15) is 0 Å². The van der Waals surface area contributed by atoms with Crippen LogP contribution in [0.15, 0.2) is 70.0 Å². The highest BCUT2D eigenvalue weighted by atomic mass is 79.9. The van der Waals surface area contributed by atoms with Gasteiger partial charge in [-0.1, -0.05) is 58.4 Å². The molecule has 104 valence electrons. The van der Waals surface area contributed by atoms with Gasteiger partial charge < -0.3 is 0 Å². The third kappa shape index (κ3) is 2.61. The maximum atomic E-state index is 3.56. The first-order chi connectivity index (χ1) is 10.3. The van der Waals surface area contributed by atoms with E-state index in [2.05, 4.69) is 80.9 Å². The van der Waals surface area contributed by atoms with Gasteiger partial charge in [0.25, 0.3) is 0 Å². The Hall–Kier alpha value is -1.29. The van der Waals surface area contributed by atoms with Gasteiger partial charge in [0.2, 0.25) is 0 Å². The lowest BCUT2D eigenvalue weighted by Gasteiger charge is -2.15. The maximum Gasteiger partial charge on any atom is 0.0351 e. The Labute approximate surface area is 137 Å². The minimum absolute atomic E-state index is 1.00. The van der Waals surface area contributed by atoms with Gasteiger partial charge in [-0.2, -0.15) is 0 Å². The van der Waals surface area contributed by atoms with Crippen LogP contribution >= 0.6 is 27.9 Å². The molecule has 1 aliphatic rings. The molecule has 3 heteroatoms. The van der Waals surface area contributed by atoms with Crippen molar-refractivity contribution in [2.75, 3.05) is 0 Å². The summed E-state index contributed by atoms with van der Waals surface area (Å²) in [5.41, 5.74) is 2.86. The van der Waals surface area contributed by atoms with E-state index in [1.165, 1.54) is 31.3 Å². The Bertz CT molecular complexity index is 810. The zero-order chi connectivity index (χ0) is 14.2. The van der Waals surface area contributed by atoms with Crippen molar-refractivity contribution in [1.82, 2.24) is 4.31 Å². The Morgan fingerprint density at radius 3 is 2.62 bits per heavy atom. The highest BCUT2D eigenvalue weighted by Crippen LogP contribution is 2.36. The second-order valence-electron chi connectivity index (χ2n) is 5.28. The smallest absolute Gasteiger partial charge is 0.0351 e. The maximum absolute atomic E-state index is 3.56. The van der Waals surface area contributed by atoms with Crippen LogP contribution in [0.2, 0.25) is 0 Å². The van der Waals surface area contributed by atoms with Crippen LogP contribution in [0.4, 0.5) is 0 Å². The van der Waals surface area contributed by atoms with Crippen LogP contribution in [0.5, 0.6) is 0 Å². The van der Waals surface area contributed by atoms with E-state index in [-0.39, 0.29) is 0 Å². The molecule has 0 spiro atoms. The van der Waals surface area contributed by atoms with Crippen molar-refractivity contribution >= 4 is 38.7 Å². The van der Waals surface area contributed by atoms with E-state index in [1.54, 1.807) is 0 Å². The molecule has 0 atom stereocenters. The van der Waals surface area contributed by atoms with Crippen LogP contribution in [0.3, 0.4) is 0 Å². The van der Waals surface area contributed by atoms with E-state index in [9.17, 15) is 0 Å². The summed E-state index contributed by atoms with van der Waals surface area (Å²) < 4.78 is 3.59. The molecule has 4 rings (SSSR count). The Morgan fingerprint density at radius 2 is 1.67 bits per heavy atom. The highest BCUT2D eigenvalue weighted by molar-refractivity contribution is 9.10. The average molecular weight is 356 g/mol. The molecule has 0 fully saturated rings. The molecular formula is C18H14BrNS. The normalized spacial score (nSPS) is 14.5. The second kappa shape index (κ2) is 5.48. The predicted molar refractivity (Wildman–Crippen MR) is 93.2 cm³/mol. The fourth-order valence-corrected chi connectivity index (χ4v) is 4.33. The largest absolute Gasteiger partial charge is 0.238 e. The van der Waals surface area contributed by atoms with Crippen LogP contribution in [0, 0.1) is 0 Å². The van der Waals surface area contributed by atoms with Crippen LogP contribution in [-0.4, -0.2) is 4.31 Å². The molecule has 0 unspecified atom stereocenters. The lowest BCUT2D eigenvalue weighted by Crippen LogP contribution is -2.05. The van der Waals surface area contributed by atoms with Crippen molar-refractivity contribution in [3.8, 4) is 0 Å². The summed E-state index contributed by atoms with van der Waals surface area (Å²) in [6, 6.07) is 21.7. The summed E-state index contributed by atoms with van der Waals surface area (Å²) in [7, 11) is 0. The lowest BCUT2D eigenvalue weighted by molar-refractivity contribution is 0.509. The van der Waals surface area contributed by atoms with Crippen LogP contribution in [0.1, 0.15) is 11.1 Å². The number of fused-ring (bicyclic) bond motifs is 2. The molecule has 3 aromatic carbocycles. The number of nitrogens with zero attached hydrogens (tertiary/aromatic N) is 1. The Morgan fingerprint density at radius 1 is 0.857 bits per heavy atom. The predicted octanol–water partition coefficient (Wildman–Crippen LogP) is 5.63. The lowest BCUT2D eigenvalue weighted by atomic mass is 10.1. The zero-order valence-corrected chi connectivity index (χ0v) is 13.8. The van der Waals surface area contributed by atoms with Crippen molar-refractivity contribution in [2.45, 2.75) is 18.0 Å². The number of rotatable bonds is 2. The Balaban J connectivity index is 1.62. The SMILES string of the molecule is Brc1ccc2c(c1)CN(Sc1cccc3ccccc13)C2. The molecular weight excluding hydrogens is 342 g/mol. The van der Waals surface area contributed by atoms with Gasteiger partial charge in [-0.25, -0.2) is 4.31 Å². The van der Waals surface area contributed by atoms with Crippen LogP contribution in [0.25, 0.3) is 10.8 Å². The number of hydrogen-bond donors (Lipinski definition) is 0. The minimum Gasteiger partial charge on any atom is -0.238 e. The van der Waals surface area contributed by atoms with Gasteiger partial charge in [-0.3, -0.25) is 0 Å². The van der Waals surface area contributed by atoms with Gasteiger partial charge in [0.15, 0.2) is 0 Å². The summed E-state index contributed by atoms with van der Waals surface area (Å²) in [6.45, 7) is 2.01. The summed E-state index contributed by atoms with van der Waals surface area (Å²) in [6.07, 6.45) is 0. The molecule has 0 aliphatic carbocycles. The molecule has 0 amide bonds. The van der Waals surface area contributed by atoms with Crippen molar-refractivity contribution in [3.63, 3.8) is 0 Å². The molecule has 1 heterocycles. The fourth-order valence-electron chi connectivity index (χ4n) is 2.81. The number of benzene rings is 3. The van der Waals surface area contributed by atoms with Gasteiger partial charge >= 0.3 is 0 Å². The van der Waals surface area contributed by atoms with E-state index >= 15 is 0 Å². The van der Waals surface area contributed by atoms with E-state index in [1.807, 2.05) is 11.9 Å². The van der Waals surface area contributed by atoms with Gasteiger partial charge in [-0.05, 0) is 52.0 Å². The third-order valence-corrected chi connectivity index (χ3v) is 5.40. The molecule has 1 nitrogen and oxygen atoms in total.